The van der Waals surface area contributed by atoms with Gasteiger partial charge in [0.25, 0.3) is 5.91 Å². The first-order valence-corrected chi connectivity index (χ1v) is 14.4. The molecular formula is C30H31Cl3N4O3. The molecule has 3 aromatic rings. The topological polar surface area (TPSA) is 73.9 Å². The van der Waals surface area contributed by atoms with Gasteiger partial charge in [-0.05, 0) is 71.3 Å². The van der Waals surface area contributed by atoms with Crippen LogP contribution in [-0.4, -0.2) is 73.6 Å². The summed E-state index contributed by atoms with van der Waals surface area (Å²) in [6.07, 6.45) is 2.59. The lowest BCUT2D eigenvalue weighted by Crippen LogP contribution is -2.47. The number of halogens is 3. The van der Waals surface area contributed by atoms with Crippen molar-refractivity contribution in [1.82, 2.24) is 20.4 Å². The molecule has 2 amide bonds. The van der Waals surface area contributed by atoms with Crippen LogP contribution in [0.2, 0.25) is 15.1 Å². The Morgan fingerprint density at radius 3 is 2.45 bits per heavy atom. The standard InChI is InChI=1S/C30H31Cl3N4O3/c31-24-4-3-21-15-23(2-1-22(21)16-24)29(38)34-18-27-5-8-37(19-20-13-25(32)17-26(33)14-20)30(39)28(35-27)6-7-36-9-11-40-12-10-36/h1-5,13-17,28,35H,6-12,18-19H2,(H,34,38)/t28-/m0/s1. The lowest BCUT2D eigenvalue weighted by molar-refractivity contribution is -0.133. The Balaban J connectivity index is 1.29. The van der Waals surface area contributed by atoms with Gasteiger partial charge in [-0.15, -0.1) is 0 Å². The minimum absolute atomic E-state index is 0.00451. The fourth-order valence-electron chi connectivity index (χ4n) is 5.03. The van der Waals surface area contributed by atoms with E-state index in [1.165, 1.54) is 0 Å². The second-order valence-electron chi connectivity index (χ2n) is 10.1. The van der Waals surface area contributed by atoms with Gasteiger partial charge in [0.15, 0.2) is 0 Å². The predicted molar refractivity (Wildman–Crippen MR) is 160 cm³/mol. The van der Waals surface area contributed by atoms with Crippen LogP contribution in [0.15, 0.2) is 66.4 Å². The Hall–Kier alpha value is -2.81. The van der Waals surface area contributed by atoms with Gasteiger partial charge in [-0.3, -0.25) is 14.5 Å². The summed E-state index contributed by atoms with van der Waals surface area (Å²) < 4.78 is 5.46. The normalized spacial score (nSPS) is 18.3. The van der Waals surface area contributed by atoms with Crippen molar-refractivity contribution in [2.24, 2.45) is 0 Å². The summed E-state index contributed by atoms with van der Waals surface area (Å²) in [5, 5.41) is 10.0. The SMILES string of the molecule is O=C(NCC1=CCN(Cc2cc(Cl)cc(Cl)c2)C(=O)[C@H](CCN2CCOCC2)N1)c1ccc2cc(Cl)ccc2c1. The quantitative estimate of drug-likeness (QED) is 0.374. The molecule has 5 rings (SSSR count). The Morgan fingerprint density at radius 2 is 1.68 bits per heavy atom. The van der Waals surface area contributed by atoms with Gasteiger partial charge in [0.05, 0.1) is 19.8 Å². The van der Waals surface area contributed by atoms with Gasteiger partial charge in [-0.1, -0.05) is 46.9 Å². The van der Waals surface area contributed by atoms with Crippen molar-refractivity contribution in [3.8, 4) is 0 Å². The molecule has 2 aliphatic heterocycles. The van der Waals surface area contributed by atoms with Crippen LogP contribution in [0.25, 0.3) is 10.8 Å². The van der Waals surface area contributed by atoms with Crippen LogP contribution in [0.3, 0.4) is 0 Å². The molecule has 40 heavy (non-hydrogen) atoms. The summed E-state index contributed by atoms with van der Waals surface area (Å²) >= 11 is 18.5. The number of benzene rings is 3. The van der Waals surface area contributed by atoms with Crippen LogP contribution in [0, 0.1) is 0 Å². The van der Waals surface area contributed by atoms with E-state index in [-0.39, 0.29) is 18.4 Å². The maximum absolute atomic E-state index is 13.7. The number of carbonyl (C=O) groups is 2. The highest BCUT2D eigenvalue weighted by Gasteiger charge is 2.28. The molecule has 0 saturated carbocycles. The van der Waals surface area contributed by atoms with E-state index < -0.39 is 6.04 Å². The van der Waals surface area contributed by atoms with Crippen molar-refractivity contribution >= 4 is 57.4 Å². The molecule has 210 valence electrons. The molecule has 7 nitrogen and oxygen atoms in total. The largest absolute Gasteiger partial charge is 0.379 e. The van der Waals surface area contributed by atoms with Gasteiger partial charge in [0.1, 0.15) is 6.04 Å². The summed E-state index contributed by atoms with van der Waals surface area (Å²) in [6, 6.07) is 16.0. The number of hydrogen-bond donors (Lipinski definition) is 2. The van der Waals surface area contributed by atoms with Gasteiger partial charge < -0.3 is 20.3 Å². The molecular weight excluding hydrogens is 571 g/mol. The van der Waals surface area contributed by atoms with E-state index in [1.807, 2.05) is 48.5 Å². The number of ether oxygens (including phenoxy) is 1. The Bertz CT molecular complexity index is 1400. The molecule has 0 spiro atoms. The highest BCUT2D eigenvalue weighted by Crippen LogP contribution is 2.22. The molecule has 2 heterocycles. The maximum Gasteiger partial charge on any atom is 0.251 e. The molecule has 1 fully saturated rings. The van der Waals surface area contributed by atoms with Crippen molar-refractivity contribution in [3.05, 3.63) is 92.6 Å². The van der Waals surface area contributed by atoms with E-state index in [9.17, 15) is 9.59 Å². The lowest BCUT2D eigenvalue weighted by Gasteiger charge is -2.30. The van der Waals surface area contributed by atoms with Gasteiger partial charge in [0.2, 0.25) is 5.91 Å². The summed E-state index contributed by atoms with van der Waals surface area (Å²) in [5.41, 5.74) is 2.22. The van der Waals surface area contributed by atoms with E-state index in [2.05, 4.69) is 15.5 Å². The number of hydrogen-bond acceptors (Lipinski definition) is 5. The Labute approximate surface area is 249 Å². The maximum atomic E-state index is 13.7. The third kappa shape index (κ3) is 7.47. The van der Waals surface area contributed by atoms with Crippen molar-refractivity contribution in [2.45, 2.75) is 19.0 Å². The first-order valence-electron chi connectivity index (χ1n) is 13.3. The molecule has 2 N–H and O–H groups in total. The molecule has 3 aromatic carbocycles. The van der Waals surface area contributed by atoms with Crippen LogP contribution >= 0.6 is 34.8 Å². The van der Waals surface area contributed by atoms with E-state index in [0.717, 1.165) is 41.7 Å². The van der Waals surface area contributed by atoms with Crippen molar-refractivity contribution in [2.75, 3.05) is 45.9 Å². The molecule has 10 heteroatoms. The van der Waals surface area contributed by atoms with Gasteiger partial charge in [-0.2, -0.15) is 0 Å². The average molecular weight is 602 g/mol. The van der Waals surface area contributed by atoms with Gasteiger partial charge in [0, 0.05) is 59.1 Å². The second kappa shape index (κ2) is 13.2. The van der Waals surface area contributed by atoms with Crippen LogP contribution in [0.4, 0.5) is 0 Å². The first kappa shape index (κ1) is 28.7. The minimum Gasteiger partial charge on any atom is -0.379 e. The van der Waals surface area contributed by atoms with Crippen LogP contribution in [0.1, 0.15) is 22.3 Å². The summed E-state index contributed by atoms with van der Waals surface area (Å²) in [6.45, 7) is 4.92. The molecule has 1 atom stereocenters. The second-order valence-corrected chi connectivity index (χ2v) is 11.4. The van der Waals surface area contributed by atoms with Gasteiger partial charge >= 0.3 is 0 Å². The molecule has 0 radical (unpaired) electrons. The molecule has 0 aromatic heterocycles. The Morgan fingerprint density at radius 1 is 0.950 bits per heavy atom. The fourth-order valence-corrected chi connectivity index (χ4v) is 5.78. The molecule has 2 aliphatic rings. The first-order chi connectivity index (χ1) is 19.3. The number of nitrogens with zero attached hydrogens (tertiary/aromatic N) is 2. The fraction of sp³-hybridized carbons (Fsp3) is 0.333. The van der Waals surface area contributed by atoms with E-state index >= 15 is 0 Å². The third-order valence-corrected chi connectivity index (χ3v) is 7.84. The number of nitrogens with one attached hydrogen (secondary N) is 2. The van der Waals surface area contributed by atoms with Crippen LogP contribution in [-0.2, 0) is 16.1 Å². The van der Waals surface area contributed by atoms with E-state index in [1.54, 1.807) is 17.0 Å². The zero-order chi connectivity index (χ0) is 28.1. The molecule has 0 bridgehead atoms. The summed E-state index contributed by atoms with van der Waals surface area (Å²) in [4.78, 5) is 30.8. The number of carbonyl (C=O) groups excluding carboxylic acids is 2. The van der Waals surface area contributed by atoms with Crippen molar-refractivity contribution in [1.29, 1.82) is 0 Å². The lowest BCUT2D eigenvalue weighted by atomic mass is 10.1. The van der Waals surface area contributed by atoms with Crippen molar-refractivity contribution in [3.63, 3.8) is 0 Å². The van der Waals surface area contributed by atoms with E-state index in [0.29, 0.717) is 53.4 Å². The molecule has 1 saturated heterocycles. The number of morpholine rings is 1. The zero-order valence-electron chi connectivity index (χ0n) is 22.0. The highest BCUT2D eigenvalue weighted by molar-refractivity contribution is 6.34. The van der Waals surface area contributed by atoms with E-state index in [4.69, 9.17) is 39.5 Å². The minimum atomic E-state index is -0.437. The van der Waals surface area contributed by atoms with Crippen molar-refractivity contribution < 1.29 is 14.3 Å². The third-order valence-electron chi connectivity index (χ3n) is 7.16. The molecule has 0 unspecified atom stereocenters. The molecule has 0 aliphatic carbocycles. The Kier molecular flexibility index (Phi) is 9.50. The average Bonchev–Trinajstić information content (AvgIpc) is 3.08. The monoisotopic (exact) mass is 600 g/mol. The number of rotatable bonds is 8. The van der Waals surface area contributed by atoms with Crippen LogP contribution in [0.5, 0.6) is 0 Å². The summed E-state index contributed by atoms with van der Waals surface area (Å²) in [7, 11) is 0. The smallest absolute Gasteiger partial charge is 0.251 e. The highest BCUT2D eigenvalue weighted by atomic mass is 35.5. The van der Waals surface area contributed by atoms with Crippen LogP contribution < -0.4 is 10.6 Å². The predicted octanol–water partition coefficient (Wildman–Crippen LogP) is 5.14. The number of fused-ring (bicyclic) bond motifs is 1. The van der Waals surface area contributed by atoms with Gasteiger partial charge in [-0.25, -0.2) is 0 Å². The summed E-state index contributed by atoms with van der Waals surface area (Å²) in [5.74, 6) is -0.194. The number of amides is 2. The zero-order valence-corrected chi connectivity index (χ0v) is 24.2.